The molecule has 1 fully saturated rings. The number of hydrogen-bond donors (Lipinski definition) is 1. The maximum absolute atomic E-state index is 13.5. The fourth-order valence-electron chi connectivity index (χ4n) is 2.60. The average Bonchev–Trinajstić information content (AvgIpc) is 2.40. The van der Waals surface area contributed by atoms with E-state index in [0.29, 0.717) is 5.69 Å². The lowest BCUT2D eigenvalue weighted by atomic mass is 10.1. The summed E-state index contributed by atoms with van der Waals surface area (Å²) in [5.41, 5.74) is 0.859. The molecule has 0 aliphatic carbocycles. The van der Waals surface area contributed by atoms with Crippen molar-refractivity contribution in [2.45, 2.75) is 26.3 Å². The van der Waals surface area contributed by atoms with Crippen LogP contribution in [0, 0.1) is 5.82 Å². The molecule has 1 aromatic carbocycles. The number of halogens is 1. The van der Waals surface area contributed by atoms with Crippen LogP contribution in [0.15, 0.2) is 24.3 Å². The Morgan fingerprint density at radius 3 is 2.35 bits per heavy atom. The second-order valence-corrected chi connectivity index (χ2v) is 6.41. The molecule has 1 aliphatic heterocycles. The first kappa shape index (κ1) is 15.3. The summed E-state index contributed by atoms with van der Waals surface area (Å²) in [4.78, 5) is 4.96. The Morgan fingerprint density at radius 2 is 1.75 bits per heavy atom. The van der Waals surface area contributed by atoms with Gasteiger partial charge in [0.05, 0.1) is 5.69 Å². The van der Waals surface area contributed by atoms with Crippen LogP contribution in [0.2, 0.25) is 0 Å². The lowest BCUT2D eigenvalue weighted by Gasteiger charge is -2.42. The predicted octanol–water partition coefficient (Wildman–Crippen LogP) is 2.65. The molecule has 1 aromatic rings. The summed E-state index contributed by atoms with van der Waals surface area (Å²) in [6.45, 7) is 13.0. The number of nitrogens with one attached hydrogen (secondary N) is 1. The highest BCUT2D eigenvalue weighted by Crippen LogP contribution is 2.16. The van der Waals surface area contributed by atoms with E-state index >= 15 is 0 Å². The van der Waals surface area contributed by atoms with Gasteiger partial charge in [-0.3, -0.25) is 9.80 Å². The van der Waals surface area contributed by atoms with E-state index in [2.05, 4.69) is 35.9 Å². The Kier molecular flexibility index (Phi) is 5.00. The van der Waals surface area contributed by atoms with Crippen LogP contribution in [0.1, 0.15) is 20.8 Å². The minimum Gasteiger partial charge on any atom is -0.381 e. The first-order valence-corrected chi connectivity index (χ1v) is 7.42. The maximum atomic E-state index is 13.5. The number of nitrogens with zero attached hydrogens (tertiary/aromatic N) is 2. The minimum atomic E-state index is -0.176. The highest BCUT2D eigenvalue weighted by atomic mass is 19.1. The van der Waals surface area contributed by atoms with Gasteiger partial charge in [-0.15, -0.1) is 0 Å². The molecule has 20 heavy (non-hydrogen) atoms. The first-order chi connectivity index (χ1) is 9.47. The zero-order chi connectivity index (χ0) is 14.6. The zero-order valence-electron chi connectivity index (χ0n) is 12.8. The Labute approximate surface area is 121 Å². The number of para-hydroxylation sites is 1. The molecule has 1 N–H and O–H groups in total. The van der Waals surface area contributed by atoms with Crippen molar-refractivity contribution in [2.24, 2.45) is 0 Å². The number of benzene rings is 1. The monoisotopic (exact) mass is 279 g/mol. The maximum Gasteiger partial charge on any atom is 0.146 e. The molecule has 0 atom stereocenters. The Bertz CT molecular complexity index is 420. The third-order valence-corrected chi connectivity index (χ3v) is 3.94. The van der Waals surface area contributed by atoms with Crippen LogP contribution in [0.4, 0.5) is 10.1 Å². The topological polar surface area (TPSA) is 18.5 Å². The molecule has 3 nitrogen and oxygen atoms in total. The molecule has 0 bridgehead atoms. The van der Waals surface area contributed by atoms with E-state index < -0.39 is 0 Å². The van der Waals surface area contributed by atoms with Crippen molar-refractivity contribution >= 4 is 5.69 Å². The summed E-state index contributed by atoms with van der Waals surface area (Å²) in [6.07, 6.45) is 0. The summed E-state index contributed by atoms with van der Waals surface area (Å²) in [7, 11) is 0. The van der Waals surface area contributed by atoms with Crippen LogP contribution >= 0.6 is 0 Å². The van der Waals surface area contributed by atoms with E-state index in [9.17, 15) is 4.39 Å². The Balaban J connectivity index is 1.71. The van der Waals surface area contributed by atoms with Crippen LogP contribution < -0.4 is 5.32 Å². The van der Waals surface area contributed by atoms with Crippen LogP contribution in [-0.2, 0) is 0 Å². The smallest absolute Gasteiger partial charge is 0.146 e. The van der Waals surface area contributed by atoms with Gasteiger partial charge in [0.25, 0.3) is 0 Å². The number of anilines is 1. The van der Waals surface area contributed by atoms with Gasteiger partial charge in [-0.05, 0) is 32.9 Å². The summed E-state index contributed by atoms with van der Waals surface area (Å²) in [5.74, 6) is -0.176. The normalized spacial score (nSPS) is 18.2. The van der Waals surface area contributed by atoms with Crippen molar-refractivity contribution in [3.8, 4) is 0 Å². The van der Waals surface area contributed by atoms with Crippen LogP contribution in [0.25, 0.3) is 0 Å². The SMILES string of the molecule is CC(C)(C)N1CCN(CCNc2ccccc2F)CC1. The third kappa shape index (κ3) is 4.18. The van der Waals surface area contributed by atoms with Gasteiger partial charge < -0.3 is 5.32 Å². The fraction of sp³-hybridized carbons (Fsp3) is 0.625. The van der Waals surface area contributed by atoms with E-state index in [1.165, 1.54) is 6.07 Å². The molecule has 112 valence electrons. The quantitative estimate of drug-likeness (QED) is 0.914. The fourth-order valence-corrected chi connectivity index (χ4v) is 2.60. The van der Waals surface area contributed by atoms with E-state index in [-0.39, 0.29) is 11.4 Å². The number of piperazine rings is 1. The molecular weight excluding hydrogens is 253 g/mol. The molecule has 1 saturated heterocycles. The average molecular weight is 279 g/mol. The van der Waals surface area contributed by atoms with Crippen LogP contribution in [-0.4, -0.2) is 54.6 Å². The highest BCUT2D eigenvalue weighted by molar-refractivity contribution is 5.44. The molecule has 0 radical (unpaired) electrons. The van der Waals surface area contributed by atoms with E-state index in [0.717, 1.165) is 39.3 Å². The lowest BCUT2D eigenvalue weighted by molar-refractivity contribution is 0.0642. The molecule has 0 unspecified atom stereocenters. The Morgan fingerprint density at radius 1 is 1.10 bits per heavy atom. The molecular formula is C16H26FN3. The summed E-state index contributed by atoms with van der Waals surface area (Å²) < 4.78 is 13.5. The molecule has 0 aromatic heterocycles. The predicted molar refractivity (Wildman–Crippen MR) is 82.7 cm³/mol. The molecule has 0 amide bonds. The van der Waals surface area contributed by atoms with Crippen molar-refractivity contribution in [2.75, 3.05) is 44.6 Å². The van der Waals surface area contributed by atoms with Crippen molar-refractivity contribution in [3.63, 3.8) is 0 Å². The Hall–Kier alpha value is -1.13. The largest absolute Gasteiger partial charge is 0.381 e. The van der Waals surface area contributed by atoms with Crippen molar-refractivity contribution < 1.29 is 4.39 Å². The van der Waals surface area contributed by atoms with Crippen molar-refractivity contribution in [1.29, 1.82) is 0 Å². The standard InChI is InChI=1S/C16H26FN3/c1-16(2,3)20-12-10-19(11-13-20)9-8-18-15-7-5-4-6-14(15)17/h4-7,18H,8-13H2,1-3H3. The molecule has 2 rings (SSSR count). The minimum absolute atomic E-state index is 0.176. The van der Waals surface area contributed by atoms with E-state index in [1.807, 2.05) is 6.07 Å². The molecule has 1 heterocycles. The van der Waals surface area contributed by atoms with Gasteiger partial charge in [0.2, 0.25) is 0 Å². The third-order valence-electron chi connectivity index (χ3n) is 3.94. The second kappa shape index (κ2) is 6.55. The second-order valence-electron chi connectivity index (χ2n) is 6.41. The molecule has 0 spiro atoms. The van der Waals surface area contributed by atoms with Gasteiger partial charge in [0, 0.05) is 44.8 Å². The van der Waals surface area contributed by atoms with Gasteiger partial charge >= 0.3 is 0 Å². The molecule has 1 aliphatic rings. The first-order valence-electron chi connectivity index (χ1n) is 7.42. The van der Waals surface area contributed by atoms with Gasteiger partial charge in [-0.25, -0.2) is 4.39 Å². The van der Waals surface area contributed by atoms with E-state index in [4.69, 9.17) is 0 Å². The lowest BCUT2D eigenvalue weighted by Crippen LogP contribution is -2.53. The van der Waals surface area contributed by atoms with E-state index in [1.54, 1.807) is 12.1 Å². The van der Waals surface area contributed by atoms with Gasteiger partial charge in [0.1, 0.15) is 5.82 Å². The zero-order valence-corrected chi connectivity index (χ0v) is 12.8. The van der Waals surface area contributed by atoms with Gasteiger partial charge in [-0.2, -0.15) is 0 Å². The van der Waals surface area contributed by atoms with Crippen LogP contribution in [0.5, 0.6) is 0 Å². The van der Waals surface area contributed by atoms with Gasteiger partial charge in [-0.1, -0.05) is 12.1 Å². The molecule has 0 saturated carbocycles. The summed E-state index contributed by atoms with van der Waals surface area (Å²) >= 11 is 0. The molecule has 4 heteroatoms. The highest BCUT2D eigenvalue weighted by Gasteiger charge is 2.25. The summed E-state index contributed by atoms with van der Waals surface area (Å²) in [5, 5.41) is 3.17. The van der Waals surface area contributed by atoms with Gasteiger partial charge in [0.15, 0.2) is 0 Å². The van der Waals surface area contributed by atoms with Crippen LogP contribution in [0.3, 0.4) is 0 Å². The number of hydrogen-bond acceptors (Lipinski definition) is 3. The number of rotatable bonds is 4. The van der Waals surface area contributed by atoms with Crippen molar-refractivity contribution in [3.05, 3.63) is 30.1 Å². The summed E-state index contributed by atoms with van der Waals surface area (Å²) in [6, 6.07) is 6.84. The van der Waals surface area contributed by atoms with Crippen molar-refractivity contribution in [1.82, 2.24) is 9.80 Å².